The molecule has 2 aromatic carbocycles. The van der Waals surface area contributed by atoms with Crippen molar-refractivity contribution in [3.05, 3.63) is 75.9 Å². The lowest BCUT2D eigenvalue weighted by Gasteiger charge is -2.04. The Labute approximate surface area is 158 Å². The molecule has 0 aliphatic rings. The first-order valence-corrected chi connectivity index (χ1v) is 8.76. The molecule has 0 aliphatic heterocycles. The van der Waals surface area contributed by atoms with Gasteiger partial charge in [-0.1, -0.05) is 18.2 Å². The molecular formula is C18H16N2O6S. The molecule has 0 saturated heterocycles. The standard InChI is InChI=1S/C18H16N2O4S.O2/c21-17(20-23)12-5-7-14(8-6-12)25-10-9-19-18(22)16-11-13-3-1-2-4-15(13)24-16;1-2/h1-8,11,23H,9-10H2,(H,19,22)(H,20,21);. The van der Waals surface area contributed by atoms with E-state index in [2.05, 4.69) is 5.32 Å². The van der Waals surface area contributed by atoms with Gasteiger partial charge in [0.05, 0.1) is 0 Å². The van der Waals surface area contributed by atoms with Crippen molar-refractivity contribution < 1.29 is 19.2 Å². The van der Waals surface area contributed by atoms with E-state index in [-0.39, 0.29) is 5.91 Å². The van der Waals surface area contributed by atoms with Gasteiger partial charge in [0, 0.05) is 38.1 Å². The van der Waals surface area contributed by atoms with Crippen molar-refractivity contribution in [2.24, 2.45) is 0 Å². The number of benzene rings is 2. The molecule has 0 saturated carbocycles. The van der Waals surface area contributed by atoms with Crippen LogP contribution >= 0.6 is 11.8 Å². The third-order valence-corrected chi connectivity index (χ3v) is 4.54. The second kappa shape index (κ2) is 10.1. The van der Waals surface area contributed by atoms with Gasteiger partial charge in [0.2, 0.25) is 0 Å². The number of carbonyl (C=O) groups excluding carboxylic acids is 2. The van der Waals surface area contributed by atoms with Crippen LogP contribution in [-0.2, 0) is 0 Å². The van der Waals surface area contributed by atoms with Crippen LogP contribution < -0.4 is 10.8 Å². The number of para-hydroxylation sites is 1. The molecule has 0 fully saturated rings. The largest absolute Gasteiger partial charge is 0.451 e. The van der Waals surface area contributed by atoms with Gasteiger partial charge >= 0.3 is 0 Å². The summed E-state index contributed by atoms with van der Waals surface area (Å²) in [6.45, 7) is 0.486. The Morgan fingerprint density at radius 2 is 1.70 bits per heavy atom. The molecular weight excluding hydrogens is 372 g/mol. The first-order valence-electron chi connectivity index (χ1n) is 7.78. The molecule has 0 unspecified atom stereocenters. The molecule has 3 N–H and O–H groups in total. The van der Waals surface area contributed by atoms with Gasteiger partial charge in [-0.15, -0.1) is 11.8 Å². The second-order valence-corrected chi connectivity index (χ2v) is 6.39. The van der Waals surface area contributed by atoms with Gasteiger partial charge in [-0.25, -0.2) is 5.48 Å². The van der Waals surface area contributed by atoms with Crippen molar-refractivity contribution in [3.63, 3.8) is 0 Å². The van der Waals surface area contributed by atoms with Gasteiger partial charge in [0.15, 0.2) is 5.76 Å². The molecule has 140 valence electrons. The zero-order valence-electron chi connectivity index (χ0n) is 14.0. The van der Waals surface area contributed by atoms with Crippen LogP contribution in [0.4, 0.5) is 0 Å². The average molecular weight is 388 g/mol. The van der Waals surface area contributed by atoms with E-state index in [1.807, 2.05) is 24.3 Å². The van der Waals surface area contributed by atoms with E-state index in [9.17, 15) is 9.59 Å². The molecule has 0 aliphatic carbocycles. The SMILES string of the molecule is O=C(NO)c1ccc(SCCNC(=O)c2cc3ccccc3o2)cc1.O=O. The Morgan fingerprint density at radius 3 is 2.37 bits per heavy atom. The van der Waals surface area contributed by atoms with Crippen molar-refractivity contribution >= 4 is 34.5 Å². The lowest BCUT2D eigenvalue weighted by atomic mass is 10.2. The monoisotopic (exact) mass is 388 g/mol. The molecule has 2 amide bonds. The fourth-order valence-corrected chi connectivity index (χ4v) is 3.05. The molecule has 0 spiro atoms. The number of hydrogen-bond donors (Lipinski definition) is 3. The van der Waals surface area contributed by atoms with Gasteiger partial charge < -0.3 is 9.73 Å². The molecule has 1 aromatic heterocycles. The third kappa shape index (κ3) is 5.40. The maximum Gasteiger partial charge on any atom is 0.287 e. The van der Waals surface area contributed by atoms with Gasteiger partial charge in [0.1, 0.15) is 5.58 Å². The van der Waals surface area contributed by atoms with Gasteiger partial charge in [-0.05, 0) is 36.4 Å². The highest BCUT2D eigenvalue weighted by Gasteiger charge is 2.11. The van der Waals surface area contributed by atoms with Crippen molar-refractivity contribution in [3.8, 4) is 0 Å². The van der Waals surface area contributed by atoms with Crippen LogP contribution in [0.25, 0.3) is 11.0 Å². The summed E-state index contributed by atoms with van der Waals surface area (Å²) in [6.07, 6.45) is 0. The normalized spacial score (nSPS) is 9.96. The minimum absolute atomic E-state index is 0.244. The van der Waals surface area contributed by atoms with Crippen LogP contribution in [0, 0.1) is 9.93 Å². The number of hydrogen-bond acceptors (Lipinski definition) is 7. The summed E-state index contributed by atoms with van der Waals surface area (Å²) < 4.78 is 5.51. The van der Waals surface area contributed by atoms with Crippen LogP contribution in [0.5, 0.6) is 0 Å². The molecule has 3 aromatic rings. The van der Waals surface area contributed by atoms with E-state index in [4.69, 9.17) is 19.6 Å². The van der Waals surface area contributed by atoms with E-state index < -0.39 is 5.91 Å². The van der Waals surface area contributed by atoms with Crippen LogP contribution in [0.1, 0.15) is 20.9 Å². The third-order valence-electron chi connectivity index (χ3n) is 3.52. The number of fused-ring (bicyclic) bond motifs is 1. The van der Waals surface area contributed by atoms with Crippen molar-refractivity contribution in [1.82, 2.24) is 10.8 Å². The molecule has 0 radical (unpaired) electrons. The summed E-state index contributed by atoms with van der Waals surface area (Å²) in [5.74, 6) is 0.185. The highest BCUT2D eigenvalue weighted by Crippen LogP contribution is 2.19. The first kappa shape index (κ1) is 20.1. The number of carbonyl (C=O) groups is 2. The number of hydroxylamine groups is 1. The zero-order valence-corrected chi connectivity index (χ0v) is 14.8. The minimum Gasteiger partial charge on any atom is -0.451 e. The van der Waals surface area contributed by atoms with Crippen LogP contribution in [0.2, 0.25) is 0 Å². The van der Waals surface area contributed by atoms with Gasteiger partial charge in [-0.3, -0.25) is 14.8 Å². The average Bonchev–Trinajstić information content (AvgIpc) is 3.17. The molecule has 0 atom stereocenters. The highest BCUT2D eigenvalue weighted by atomic mass is 32.2. The maximum atomic E-state index is 12.1. The number of amides is 2. The highest BCUT2D eigenvalue weighted by molar-refractivity contribution is 7.99. The van der Waals surface area contributed by atoms with E-state index in [0.717, 1.165) is 10.3 Å². The molecule has 9 heteroatoms. The fourth-order valence-electron chi connectivity index (χ4n) is 2.28. The second-order valence-electron chi connectivity index (χ2n) is 5.22. The zero-order chi connectivity index (χ0) is 19.6. The topological polar surface area (TPSA) is 126 Å². The quantitative estimate of drug-likeness (QED) is 0.256. The Kier molecular flexibility index (Phi) is 7.53. The van der Waals surface area contributed by atoms with Crippen molar-refractivity contribution in [2.75, 3.05) is 12.3 Å². The van der Waals surface area contributed by atoms with E-state index in [1.165, 1.54) is 0 Å². The lowest BCUT2D eigenvalue weighted by molar-refractivity contribution is 0.0706. The van der Waals surface area contributed by atoms with Gasteiger partial charge in [-0.2, -0.15) is 0 Å². The smallest absolute Gasteiger partial charge is 0.287 e. The number of nitrogens with one attached hydrogen (secondary N) is 2. The number of thioether (sulfide) groups is 1. The number of rotatable bonds is 6. The fraction of sp³-hybridized carbons (Fsp3) is 0.111. The molecule has 1 heterocycles. The van der Waals surface area contributed by atoms with Gasteiger partial charge in [0.25, 0.3) is 11.8 Å². The predicted octanol–water partition coefficient (Wildman–Crippen LogP) is 3.14. The summed E-state index contributed by atoms with van der Waals surface area (Å²) >= 11 is 1.55. The summed E-state index contributed by atoms with van der Waals surface area (Å²) in [6, 6.07) is 16.0. The Morgan fingerprint density at radius 1 is 1.00 bits per heavy atom. The summed E-state index contributed by atoms with van der Waals surface area (Å²) in [4.78, 5) is 38.3. The van der Waals surface area contributed by atoms with Crippen LogP contribution in [0.15, 0.2) is 63.9 Å². The maximum absolute atomic E-state index is 12.1. The molecule has 8 nitrogen and oxygen atoms in total. The Bertz CT molecular complexity index is 877. The Hall–Kier alpha value is -3.17. The van der Waals surface area contributed by atoms with Crippen molar-refractivity contribution in [1.29, 1.82) is 0 Å². The molecule has 27 heavy (non-hydrogen) atoms. The van der Waals surface area contributed by atoms with Crippen molar-refractivity contribution in [2.45, 2.75) is 4.90 Å². The lowest BCUT2D eigenvalue weighted by Crippen LogP contribution is -2.25. The molecule has 3 rings (SSSR count). The molecule has 0 bridgehead atoms. The van der Waals surface area contributed by atoms with Crippen LogP contribution in [0.3, 0.4) is 0 Å². The van der Waals surface area contributed by atoms with E-state index in [0.29, 0.717) is 29.2 Å². The summed E-state index contributed by atoms with van der Waals surface area (Å²) in [7, 11) is 0. The summed E-state index contributed by atoms with van der Waals surface area (Å²) in [5.41, 5.74) is 2.66. The van der Waals surface area contributed by atoms with E-state index >= 15 is 0 Å². The van der Waals surface area contributed by atoms with E-state index in [1.54, 1.807) is 47.6 Å². The van der Waals surface area contributed by atoms with Crippen LogP contribution in [-0.4, -0.2) is 29.3 Å². The summed E-state index contributed by atoms with van der Waals surface area (Å²) in [5, 5.41) is 12.3. The first-order chi connectivity index (χ1) is 13.2. The minimum atomic E-state index is -0.547. The predicted molar refractivity (Wildman–Crippen MR) is 102 cm³/mol. The number of furan rings is 1. The Balaban J connectivity index is 0.00000126.